The lowest BCUT2D eigenvalue weighted by Gasteiger charge is -2.30. The SMILES string of the molecule is CCOc1ccccc1C(CN)N(CC)Cc1ccco1. The lowest BCUT2D eigenvalue weighted by molar-refractivity contribution is 0.183. The molecule has 2 N–H and O–H groups in total. The number of para-hydroxylation sites is 1. The Hall–Kier alpha value is -1.78. The van der Waals surface area contributed by atoms with Crippen molar-refractivity contribution >= 4 is 0 Å². The summed E-state index contributed by atoms with van der Waals surface area (Å²) in [6, 6.07) is 12.1. The van der Waals surface area contributed by atoms with E-state index in [0.717, 1.165) is 30.2 Å². The quantitative estimate of drug-likeness (QED) is 0.810. The summed E-state index contributed by atoms with van der Waals surface area (Å²) in [7, 11) is 0. The Bertz CT molecular complexity index is 525. The van der Waals surface area contributed by atoms with E-state index in [0.29, 0.717) is 13.2 Å². The van der Waals surface area contributed by atoms with Crippen molar-refractivity contribution in [3.8, 4) is 5.75 Å². The van der Waals surface area contributed by atoms with Crippen LogP contribution in [-0.2, 0) is 6.54 Å². The molecule has 114 valence electrons. The number of hydrogen-bond donors (Lipinski definition) is 1. The van der Waals surface area contributed by atoms with Gasteiger partial charge in [-0.05, 0) is 31.7 Å². The van der Waals surface area contributed by atoms with Gasteiger partial charge >= 0.3 is 0 Å². The number of rotatable bonds is 8. The third-order valence-corrected chi connectivity index (χ3v) is 3.59. The second-order valence-electron chi connectivity index (χ2n) is 4.86. The molecule has 0 bridgehead atoms. The lowest BCUT2D eigenvalue weighted by Crippen LogP contribution is -2.33. The summed E-state index contributed by atoms with van der Waals surface area (Å²) in [4.78, 5) is 2.30. The largest absolute Gasteiger partial charge is 0.494 e. The third-order valence-electron chi connectivity index (χ3n) is 3.59. The van der Waals surface area contributed by atoms with Crippen LogP contribution in [0.3, 0.4) is 0 Å². The highest BCUT2D eigenvalue weighted by Gasteiger charge is 2.21. The first-order valence-electron chi connectivity index (χ1n) is 7.48. The van der Waals surface area contributed by atoms with Gasteiger partial charge in [0.05, 0.1) is 25.5 Å². The second kappa shape index (κ2) is 7.86. The van der Waals surface area contributed by atoms with E-state index in [4.69, 9.17) is 14.9 Å². The van der Waals surface area contributed by atoms with Crippen LogP contribution in [0.15, 0.2) is 47.1 Å². The van der Waals surface area contributed by atoms with Gasteiger partial charge in [0.1, 0.15) is 11.5 Å². The first-order valence-corrected chi connectivity index (χ1v) is 7.48. The van der Waals surface area contributed by atoms with Gasteiger partial charge in [-0.1, -0.05) is 25.1 Å². The van der Waals surface area contributed by atoms with Gasteiger partial charge in [-0.3, -0.25) is 4.90 Å². The van der Waals surface area contributed by atoms with Crippen molar-refractivity contribution < 1.29 is 9.15 Å². The molecule has 21 heavy (non-hydrogen) atoms. The maximum Gasteiger partial charge on any atom is 0.124 e. The summed E-state index contributed by atoms with van der Waals surface area (Å²) in [6.07, 6.45) is 1.70. The molecule has 0 aliphatic carbocycles. The standard InChI is InChI=1S/C17H24N2O2/c1-3-19(13-14-8-7-11-21-14)16(12-18)15-9-5-6-10-17(15)20-4-2/h5-11,16H,3-4,12-13,18H2,1-2H3. The molecule has 0 radical (unpaired) electrons. The number of benzene rings is 1. The minimum Gasteiger partial charge on any atom is -0.494 e. The van der Waals surface area contributed by atoms with E-state index >= 15 is 0 Å². The molecule has 0 spiro atoms. The molecule has 0 amide bonds. The number of ether oxygens (including phenoxy) is 1. The average Bonchev–Trinajstić information content (AvgIpc) is 3.02. The number of hydrogen-bond acceptors (Lipinski definition) is 4. The van der Waals surface area contributed by atoms with Gasteiger partial charge in [-0.2, -0.15) is 0 Å². The Morgan fingerprint density at radius 1 is 1.19 bits per heavy atom. The summed E-state index contributed by atoms with van der Waals surface area (Å²) in [5.41, 5.74) is 7.18. The number of nitrogens with zero attached hydrogens (tertiary/aromatic N) is 1. The van der Waals surface area contributed by atoms with E-state index in [2.05, 4.69) is 17.9 Å². The highest BCUT2D eigenvalue weighted by atomic mass is 16.5. The van der Waals surface area contributed by atoms with Gasteiger partial charge < -0.3 is 14.9 Å². The molecule has 1 heterocycles. The summed E-state index contributed by atoms with van der Waals surface area (Å²) >= 11 is 0. The van der Waals surface area contributed by atoms with Crippen molar-refractivity contribution in [2.75, 3.05) is 19.7 Å². The first kappa shape index (κ1) is 15.6. The van der Waals surface area contributed by atoms with Crippen LogP contribution in [0.1, 0.15) is 31.2 Å². The molecule has 1 atom stereocenters. The van der Waals surface area contributed by atoms with Crippen LogP contribution in [0.4, 0.5) is 0 Å². The van der Waals surface area contributed by atoms with Crippen LogP contribution in [0.5, 0.6) is 5.75 Å². The summed E-state index contributed by atoms with van der Waals surface area (Å²) in [5.74, 6) is 1.86. The fourth-order valence-corrected chi connectivity index (χ4v) is 2.56. The van der Waals surface area contributed by atoms with Crippen LogP contribution in [0.2, 0.25) is 0 Å². The van der Waals surface area contributed by atoms with Gasteiger partial charge in [0.2, 0.25) is 0 Å². The Balaban J connectivity index is 2.24. The Labute approximate surface area is 126 Å². The topological polar surface area (TPSA) is 51.6 Å². The molecule has 0 saturated heterocycles. The zero-order valence-electron chi connectivity index (χ0n) is 12.8. The van der Waals surface area contributed by atoms with E-state index in [9.17, 15) is 0 Å². The predicted octanol–water partition coefficient (Wildman–Crippen LogP) is 3.20. The van der Waals surface area contributed by atoms with Crippen molar-refractivity contribution in [2.24, 2.45) is 5.73 Å². The van der Waals surface area contributed by atoms with E-state index in [1.54, 1.807) is 6.26 Å². The third kappa shape index (κ3) is 3.86. The lowest BCUT2D eigenvalue weighted by atomic mass is 10.0. The zero-order chi connectivity index (χ0) is 15.1. The number of nitrogens with two attached hydrogens (primary N) is 1. The van der Waals surface area contributed by atoms with E-state index < -0.39 is 0 Å². The number of likely N-dealkylation sites (N-methyl/N-ethyl adjacent to an activating group) is 1. The Kier molecular flexibility index (Phi) is 5.84. The van der Waals surface area contributed by atoms with Crippen molar-refractivity contribution in [1.29, 1.82) is 0 Å². The predicted molar refractivity (Wildman–Crippen MR) is 84.2 cm³/mol. The van der Waals surface area contributed by atoms with Crippen molar-refractivity contribution in [1.82, 2.24) is 4.90 Å². The van der Waals surface area contributed by atoms with Gasteiger partial charge in [-0.25, -0.2) is 0 Å². The van der Waals surface area contributed by atoms with Crippen LogP contribution in [0.25, 0.3) is 0 Å². The molecule has 0 saturated carbocycles. The molecule has 4 heteroatoms. The van der Waals surface area contributed by atoms with Gasteiger partial charge in [0, 0.05) is 12.1 Å². The molecule has 0 aliphatic heterocycles. The molecular weight excluding hydrogens is 264 g/mol. The second-order valence-corrected chi connectivity index (χ2v) is 4.86. The molecule has 2 rings (SSSR count). The molecule has 0 aliphatic rings. The summed E-state index contributed by atoms with van der Waals surface area (Å²) < 4.78 is 11.2. The minimum atomic E-state index is 0.114. The zero-order valence-corrected chi connectivity index (χ0v) is 12.8. The molecule has 2 aromatic rings. The Morgan fingerprint density at radius 2 is 2.00 bits per heavy atom. The van der Waals surface area contributed by atoms with Crippen LogP contribution in [0, 0.1) is 0 Å². The summed E-state index contributed by atoms with van der Waals surface area (Å²) in [5, 5.41) is 0. The normalized spacial score (nSPS) is 12.6. The van der Waals surface area contributed by atoms with Crippen LogP contribution in [-0.4, -0.2) is 24.6 Å². The highest BCUT2D eigenvalue weighted by molar-refractivity contribution is 5.36. The van der Waals surface area contributed by atoms with Crippen molar-refractivity contribution in [2.45, 2.75) is 26.4 Å². The smallest absolute Gasteiger partial charge is 0.124 e. The monoisotopic (exact) mass is 288 g/mol. The van der Waals surface area contributed by atoms with E-state index in [1.807, 2.05) is 37.3 Å². The maximum absolute atomic E-state index is 6.05. The van der Waals surface area contributed by atoms with Crippen molar-refractivity contribution in [3.05, 3.63) is 54.0 Å². The summed E-state index contributed by atoms with van der Waals surface area (Å²) in [6.45, 7) is 6.95. The van der Waals surface area contributed by atoms with Crippen LogP contribution >= 0.6 is 0 Å². The molecular formula is C17H24N2O2. The van der Waals surface area contributed by atoms with Gasteiger partial charge in [0.15, 0.2) is 0 Å². The van der Waals surface area contributed by atoms with E-state index in [-0.39, 0.29) is 6.04 Å². The number of furan rings is 1. The fraction of sp³-hybridized carbons (Fsp3) is 0.412. The van der Waals surface area contributed by atoms with Gasteiger partial charge in [0.25, 0.3) is 0 Å². The average molecular weight is 288 g/mol. The maximum atomic E-state index is 6.05. The minimum absolute atomic E-state index is 0.114. The van der Waals surface area contributed by atoms with Crippen LogP contribution < -0.4 is 10.5 Å². The van der Waals surface area contributed by atoms with Crippen molar-refractivity contribution in [3.63, 3.8) is 0 Å². The Morgan fingerprint density at radius 3 is 2.62 bits per heavy atom. The molecule has 0 fully saturated rings. The molecule has 1 aromatic carbocycles. The van der Waals surface area contributed by atoms with E-state index in [1.165, 1.54) is 0 Å². The highest BCUT2D eigenvalue weighted by Crippen LogP contribution is 2.29. The van der Waals surface area contributed by atoms with Gasteiger partial charge in [-0.15, -0.1) is 0 Å². The molecule has 1 unspecified atom stereocenters. The fourth-order valence-electron chi connectivity index (χ4n) is 2.56. The molecule has 4 nitrogen and oxygen atoms in total. The first-order chi connectivity index (χ1) is 10.3. The molecule has 1 aromatic heterocycles.